The van der Waals surface area contributed by atoms with Crippen LogP contribution in [0, 0.1) is 0 Å². The SMILES string of the molecule is CC1(C)C2=N/C(=N\c3cnc([n-]3)C(C)(C)C3=N/C(=N\c4cnc1[n-]4)C=N3)C=N2.[Pt+2]. The van der Waals surface area contributed by atoms with Gasteiger partial charge in [-0.3, -0.25) is 0 Å². The first-order valence-electron chi connectivity index (χ1n) is 8.77. The number of imidazole rings is 2. The predicted octanol–water partition coefficient (Wildman–Crippen LogP) is 1.68. The maximum absolute atomic E-state index is 4.53. The van der Waals surface area contributed by atoms with E-state index in [0.29, 0.717) is 46.6 Å². The number of aliphatic imine (C=N–C) groups is 6. The molecule has 0 unspecified atom stereocenters. The van der Waals surface area contributed by atoms with E-state index in [9.17, 15) is 0 Å². The Morgan fingerprint density at radius 2 is 1.07 bits per heavy atom. The average Bonchev–Trinajstić information content (AvgIpc) is 3.42. The van der Waals surface area contributed by atoms with Gasteiger partial charge in [0.25, 0.3) is 0 Å². The van der Waals surface area contributed by atoms with E-state index in [1.165, 1.54) is 0 Å². The van der Waals surface area contributed by atoms with Crippen LogP contribution in [0.15, 0.2) is 42.3 Å². The summed E-state index contributed by atoms with van der Waals surface area (Å²) in [5, 5.41) is 0. The molecule has 0 radical (unpaired) electrons. The number of hydrogen-bond donors (Lipinski definition) is 0. The van der Waals surface area contributed by atoms with Gasteiger partial charge in [-0.2, -0.15) is 0 Å². The molecule has 5 rings (SSSR count). The van der Waals surface area contributed by atoms with Crippen molar-refractivity contribution in [2.24, 2.45) is 30.0 Å². The van der Waals surface area contributed by atoms with Crippen LogP contribution >= 0.6 is 0 Å². The van der Waals surface area contributed by atoms with Crippen molar-refractivity contribution in [3.05, 3.63) is 24.0 Å². The van der Waals surface area contributed by atoms with Gasteiger partial charge in [0.1, 0.15) is 23.3 Å². The van der Waals surface area contributed by atoms with Crippen LogP contribution in [0.4, 0.5) is 11.6 Å². The van der Waals surface area contributed by atoms with E-state index in [1.54, 1.807) is 24.8 Å². The minimum Gasteiger partial charge on any atom is -0.371 e. The standard InChI is InChI=1S/C18H16N10.Pt/c1-17(2)13-19-5-9(25-13)23-11-7-21-15(27-11)18(3,4)16-22-8-12(28-16)24-10-6-20-14(17)26-10;/h5-8H,1-4H3;/q-2;+2/b23-9-,24-12-;. The summed E-state index contributed by atoms with van der Waals surface area (Å²) >= 11 is 0. The smallest absolute Gasteiger partial charge is 0.371 e. The van der Waals surface area contributed by atoms with Crippen molar-refractivity contribution >= 4 is 47.4 Å². The van der Waals surface area contributed by atoms with Gasteiger partial charge in [-0.05, 0) is 40.1 Å². The molecule has 2 aromatic heterocycles. The number of rotatable bonds is 0. The van der Waals surface area contributed by atoms with Gasteiger partial charge in [0.05, 0.1) is 23.3 Å². The zero-order valence-electron chi connectivity index (χ0n) is 16.1. The summed E-state index contributed by atoms with van der Waals surface area (Å²) in [5.41, 5.74) is -1.21. The predicted molar refractivity (Wildman–Crippen MR) is 107 cm³/mol. The van der Waals surface area contributed by atoms with Crippen LogP contribution in [0.1, 0.15) is 39.3 Å². The quantitative estimate of drug-likeness (QED) is 0.480. The molecule has 3 aliphatic rings. The van der Waals surface area contributed by atoms with Crippen molar-refractivity contribution < 1.29 is 21.1 Å². The van der Waals surface area contributed by atoms with Crippen molar-refractivity contribution in [1.29, 1.82) is 0 Å². The molecule has 0 aliphatic carbocycles. The molecule has 10 nitrogen and oxygen atoms in total. The summed E-state index contributed by atoms with van der Waals surface area (Å²) in [4.78, 5) is 44.7. The molecule has 0 amide bonds. The van der Waals surface area contributed by atoms with Crippen molar-refractivity contribution in [3.8, 4) is 0 Å². The Balaban J connectivity index is 0.00000205. The first-order valence-corrected chi connectivity index (χ1v) is 8.77. The molecule has 29 heavy (non-hydrogen) atoms. The second kappa shape index (κ2) is 6.59. The van der Waals surface area contributed by atoms with Gasteiger partial charge in [-0.1, -0.05) is 0 Å². The Morgan fingerprint density at radius 1 is 0.655 bits per heavy atom. The fraction of sp³-hybridized carbons (Fsp3) is 0.333. The first kappa shape index (κ1) is 19.4. The van der Waals surface area contributed by atoms with Gasteiger partial charge >= 0.3 is 21.1 Å². The monoisotopic (exact) mass is 567 g/mol. The zero-order chi connectivity index (χ0) is 19.5. The number of aromatic nitrogens is 4. The molecule has 2 aromatic rings. The van der Waals surface area contributed by atoms with E-state index in [-0.39, 0.29) is 21.1 Å². The first-order chi connectivity index (χ1) is 13.3. The van der Waals surface area contributed by atoms with Crippen LogP contribution < -0.4 is 9.97 Å². The van der Waals surface area contributed by atoms with Gasteiger partial charge in [-0.15, -0.1) is 0 Å². The van der Waals surface area contributed by atoms with Crippen molar-refractivity contribution in [3.63, 3.8) is 0 Å². The minimum absolute atomic E-state index is 0. The second-order valence-corrected chi connectivity index (χ2v) is 7.68. The maximum atomic E-state index is 4.53. The van der Waals surface area contributed by atoms with Crippen LogP contribution in [0.2, 0.25) is 0 Å². The number of amidine groups is 4. The van der Waals surface area contributed by atoms with Gasteiger partial charge in [0.2, 0.25) is 0 Å². The third kappa shape index (κ3) is 3.17. The summed E-state index contributed by atoms with van der Waals surface area (Å²) in [5.74, 6) is 4.14. The molecular weight excluding hydrogens is 551 g/mol. The molecular formula is C18H16N10Pt. The molecule has 0 saturated heterocycles. The van der Waals surface area contributed by atoms with Crippen LogP contribution in [-0.2, 0) is 31.9 Å². The summed E-state index contributed by atoms with van der Waals surface area (Å²) in [6.07, 6.45) is 6.42. The Bertz CT molecular complexity index is 1080. The van der Waals surface area contributed by atoms with Crippen LogP contribution in [-0.4, -0.2) is 45.7 Å². The third-order valence-corrected chi connectivity index (χ3v) is 4.79. The van der Waals surface area contributed by atoms with Crippen LogP contribution in [0.3, 0.4) is 0 Å². The zero-order valence-corrected chi connectivity index (χ0v) is 18.4. The van der Waals surface area contributed by atoms with Gasteiger partial charge in [0, 0.05) is 23.3 Å². The summed E-state index contributed by atoms with van der Waals surface area (Å²) in [6.45, 7) is 7.82. The topological polar surface area (TPSA) is 128 Å². The average molecular weight is 567 g/mol. The molecule has 0 atom stereocenters. The molecule has 0 fully saturated rings. The van der Waals surface area contributed by atoms with Crippen molar-refractivity contribution in [2.45, 2.75) is 38.5 Å². The van der Waals surface area contributed by atoms with Crippen LogP contribution in [0.5, 0.6) is 0 Å². The Hall–Kier alpha value is -2.87. The molecule has 5 heterocycles. The minimum atomic E-state index is -0.605. The van der Waals surface area contributed by atoms with Gasteiger partial charge < -0.3 is 29.9 Å². The van der Waals surface area contributed by atoms with Crippen molar-refractivity contribution in [2.75, 3.05) is 0 Å². The number of fused-ring (bicyclic) bond motifs is 6. The number of nitrogens with zero attached hydrogens (tertiary/aromatic N) is 10. The Morgan fingerprint density at radius 3 is 1.48 bits per heavy atom. The van der Waals surface area contributed by atoms with Crippen LogP contribution in [0.25, 0.3) is 0 Å². The van der Waals surface area contributed by atoms with E-state index in [0.717, 1.165) is 0 Å². The molecule has 0 N–H and O–H groups in total. The second-order valence-electron chi connectivity index (χ2n) is 7.68. The van der Waals surface area contributed by atoms with E-state index in [4.69, 9.17) is 0 Å². The van der Waals surface area contributed by atoms with E-state index in [1.807, 2.05) is 27.7 Å². The Labute approximate surface area is 180 Å². The van der Waals surface area contributed by atoms with E-state index >= 15 is 0 Å². The Kier molecular flexibility index (Phi) is 4.42. The van der Waals surface area contributed by atoms with E-state index in [2.05, 4.69) is 49.9 Å². The molecule has 3 aliphatic heterocycles. The molecule has 148 valence electrons. The molecule has 0 spiro atoms. The summed E-state index contributed by atoms with van der Waals surface area (Å²) in [7, 11) is 0. The third-order valence-electron chi connectivity index (χ3n) is 4.79. The molecule has 0 saturated carbocycles. The summed E-state index contributed by atoms with van der Waals surface area (Å²) < 4.78 is 0. The van der Waals surface area contributed by atoms with Gasteiger partial charge in [0.15, 0.2) is 0 Å². The van der Waals surface area contributed by atoms with E-state index < -0.39 is 10.8 Å². The fourth-order valence-corrected chi connectivity index (χ4v) is 3.00. The molecule has 8 bridgehead atoms. The molecule has 0 aromatic carbocycles. The van der Waals surface area contributed by atoms with Gasteiger partial charge in [-0.25, -0.2) is 20.0 Å². The molecule has 11 heteroatoms. The summed E-state index contributed by atoms with van der Waals surface area (Å²) in [6, 6.07) is 0. The number of hydrogen-bond acceptors (Lipinski definition) is 8. The van der Waals surface area contributed by atoms with Crippen molar-refractivity contribution in [1.82, 2.24) is 19.9 Å². The fourth-order valence-electron chi connectivity index (χ4n) is 3.00. The maximum Gasteiger partial charge on any atom is 2.00 e. The largest absolute Gasteiger partial charge is 2.00 e. The normalized spacial score (nSPS) is 24.1.